The molecule has 0 aromatic rings. The van der Waals surface area contributed by atoms with Crippen LogP contribution in [0.4, 0.5) is 0 Å². The maximum atomic E-state index is 12.8. The highest BCUT2D eigenvalue weighted by molar-refractivity contribution is 5.71. The van der Waals surface area contributed by atoms with Crippen molar-refractivity contribution in [1.82, 2.24) is 0 Å². The summed E-state index contributed by atoms with van der Waals surface area (Å²) >= 11 is 0. The zero-order valence-corrected chi connectivity index (χ0v) is 41.8. The number of rotatable bonds is 49. The molecule has 0 fully saturated rings. The normalized spacial score (nSPS) is 12.4. The summed E-state index contributed by atoms with van der Waals surface area (Å²) in [6, 6.07) is 0. The van der Waals surface area contributed by atoms with Crippen molar-refractivity contribution in [3.63, 3.8) is 0 Å². The summed E-state index contributed by atoms with van der Waals surface area (Å²) in [6.07, 6.45) is 62.4. The van der Waals surface area contributed by atoms with Gasteiger partial charge in [0.15, 0.2) is 6.10 Å². The molecule has 6 nitrogen and oxygen atoms in total. The van der Waals surface area contributed by atoms with E-state index in [0.717, 1.165) is 64.2 Å². The Balaban J connectivity index is 4.43. The van der Waals surface area contributed by atoms with E-state index in [1.54, 1.807) is 0 Å². The number of carbonyl (C=O) groups excluding carboxylic acids is 3. The van der Waals surface area contributed by atoms with Crippen LogP contribution in [0.5, 0.6) is 0 Å². The van der Waals surface area contributed by atoms with Crippen LogP contribution in [0, 0.1) is 0 Å². The molecule has 0 saturated carbocycles. The number of hydrogen-bond acceptors (Lipinski definition) is 6. The minimum Gasteiger partial charge on any atom is -0.462 e. The van der Waals surface area contributed by atoms with Crippen LogP contribution in [0.2, 0.25) is 0 Å². The third kappa shape index (κ3) is 50.2. The van der Waals surface area contributed by atoms with Crippen molar-refractivity contribution in [1.29, 1.82) is 0 Å². The predicted molar refractivity (Wildman–Crippen MR) is 270 cm³/mol. The number of allylic oxidation sites excluding steroid dienone is 8. The number of carbonyl (C=O) groups is 3. The van der Waals surface area contributed by atoms with Crippen LogP contribution in [0.1, 0.15) is 278 Å². The number of esters is 3. The maximum absolute atomic E-state index is 12.8. The molecule has 0 bridgehead atoms. The average molecular weight is 883 g/mol. The first-order valence-electron chi connectivity index (χ1n) is 27.1. The van der Waals surface area contributed by atoms with Crippen LogP contribution in [0.25, 0.3) is 0 Å². The highest BCUT2D eigenvalue weighted by Crippen LogP contribution is 2.16. The van der Waals surface area contributed by atoms with Gasteiger partial charge in [-0.05, 0) is 57.8 Å². The van der Waals surface area contributed by atoms with Gasteiger partial charge in [0, 0.05) is 19.3 Å². The Kier molecular flexibility index (Phi) is 49.8. The Labute approximate surface area is 390 Å². The standard InChI is InChI=1S/C57H102O6/c1-4-7-10-13-16-19-22-25-28-29-30-33-35-38-41-44-47-50-56(59)62-53-54(63-57(60)51-48-45-42-39-36-32-27-24-21-18-15-12-9-6-3)52-61-55(58)49-46-43-40-37-34-31-26-23-20-17-14-11-8-5-2/h16,19,25,28,30,33,38,41,54H,4-15,17-18,20-24,26-27,29,31-32,34-37,39-40,42-53H2,1-3H3/b19-16-,28-25-,33-30-,41-38-/t54-/m1/s1. The molecule has 0 rings (SSSR count). The number of hydrogen-bond donors (Lipinski definition) is 0. The van der Waals surface area contributed by atoms with Gasteiger partial charge in [-0.1, -0.05) is 249 Å². The zero-order valence-electron chi connectivity index (χ0n) is 41.8. The van der Waals surface area contributed by atoms with Gasteiger partial charge in [-0.25, -0.2) is 0 Å². The monoisotopic (exact) mass is 883 g/mol. The SMILES string of the molecule is CCCCC/C=C\C/C=C\C/C=C\C/C=C\CCCC(=O)OC[C@@H](COC(=O)CCCCCCCCCCCCCCCC)OC(=O)CCCCCCCCCCCCCCCC. The Morgan fingerprint density at radius 3 is 0.952 bits per heavy atom. The molecule has 0 aromatic carbocycles. The van der Waals surface area contributed by atoms with Gasteiger partial charge >= 0.3 is 17.9 Å². The number of unbranched alkanes of at least 4 members (excludes halogenated alkanes) is 30. The van der Waals surface area contributed by atoms with Crippen LogP contribution in [0.15, 0.2) is 48.6 Å². The largest absolute Gasteiger partial charge is 0.462 e. The smallest absolute Gasteiger partial charge is 0.306 e. The average Bonchev–Trinajstić information content (AvgIpc) is 3.28. The van der Waals surface area contributed by atoms with Gasteiger partial charge in [0.2, 0.25) is 0 Å². The molecule has 0 aliphatic carbocycles. The third-order valence-electron chi connectivity index (χ3n) is 11.8. The molecule has 0 aliphatic heterocycles. The quantitative estimate of drug-likeness (QED) is 0.0262. The van der Waals surface area contributed by atoms with Crippen molar-refractivity contribution in [3.05, 3.63) is 48.6 Å². The molecule has 0 radical (unpaired) electrons. The van der Waals surface area contributed by atoms with Crippen molar-refractivity contribution in [2.45, 2.75) is 284 Å². The maximum Gasteiger partial charge on any atom is 0.306 e. The molecular formula is C57H102O6. The van der Waals surface area contributed by atoms with Crippen molar-refractivity contribution in [3.8, 4) is 0 Å². The fraction of sp³-hybridized carbons (Fsp3) is 0.807. The fourth-order valence-electron chi connectivity index (χ4n) is 7.73. The summed E-state index contributed by atoms with van der Waals surface area (Å²) in [5, 5.41) is 0. The molecule has 6 heteroatoms. The van der Waals surface area contributed by atoms with E-state index in [0.29, 0.717) is 19.3 Å². The van der Waals surface area contributed by atoms with E-state index >= 15 is 0 Å². The molecule has 1 atom stereocenters. The second kappa shape index (κ2) is 52.0. The van der Waals surface area contributed by atoms with Crippen LogP contribution in [-0.4, -0.2) is 37.2 Å². The van der Waals surface area contributed by atoms with Crippen LogP contribution in [-0.2, 0) is 28.6 Å². The number of ether oxygens (including phenoxy) is 3. The van der Waals surface area contributed by atoms with Crippen molar-refractivity contribution in [2.24, 2.45) is 0 Å². The molecule has 63 heavy (non-hydrogen) atoms. The summed E-state index contributed by atoms with van der Waals surface area (Å²) in [5.74, 6) is -0.932. The van der Waals surface area contributed by atoms with E-state index in [9.17, 15) is 14.4 Å². The molecule has 0 saturated heterocycles. The molecule has 366 valence electrons. The Morgan fingerprint density at radius 2 is 0.587 bits per heavy atom. The summed E-state index contributed by atoms with van der Waals surface area (Å²) < 4.78 is 16.8. The van der Waals surface area contributed by atoms with Gasteiger partial charge in [-0.15, -0.1) is 0 Å². The summed E-state index contributed by atoms with van der Waals surface area (Å²) in [5.41, 5.74) is 0. The lowest BCUT2D eigenvalue weighted by molar-refractivity contribution is -0.167. The van der Waals surface area contributed by atoms with E-state index in [-0.39, 0.29) is 37.5 Å². The van der Waals surface area contributed by atoms with Gasteiger partial charge in [0.05, 0.1) is 0 Å². The summed E-state index contributed by atoms with van der Waals surface area (Å²) in [7, 11) is 0. The Hall–Kier alpha value is -2.63. The molecule has 0 spiro atoms. The highest BCUT2D eigenvalue weighted by atomic mass is 16.6. The van der Waals surface area contributed by atoms with Crippen molar-refractivity contribution >= 4 is 17.9 Å². The van der Waals surface area contributed by atoms with Crippen LogP contribution < -0.4 is 0 Å². The van der Waals surface area contributed by atoms with Crippen molar-refractivity contribution in [2.75, 3.05) is 13.2 Å². The predicted octanol–water partition coefficient (Wildman–Crippen LogP) is 17.9. The molecule has 0 heterocycles. The molecule has 0 aliphatic rings. The fourth-order valence-corrected chi connectivity index (χ4v) is 7.73. The van der Waals surface area contributed by atoms with E-state index in [1.807, 2.05) is 0 Å². The zero-order chi connectivity index (χ0) is 45.8. The van der Waals surface area contributed by atoms with Gasteiger partial charge in [0.25, 0.3) is 0 Å². The lowest BCUT2D eigenvalue weighted by Gasteiger charge is -2.18. The minimum atomic E-state index is -0.790. The van der Waals surface area contributed by atoms with Gasteiger partial charge in [-0.3, -0.25) is 14.4 Å². The molecule has 0 amide bonds. The molecule has 0 unspecified atom stereocenters. The van der Waals surface area contributed by atoms with Gasteiger partial charge in [-0.2, -0.15) is 0 Å². The van der Waals surface area contributed by atoms with E-state index in [4.69, 9.17) is 14.2 Å². The topological polar surface area (TPSA) is 78.9 Å². The molecular weight excluding hydrogens is 781 g/mol. The molecule has 0 N–H and O–H groups in total. The first-order chi connectivity index (χ1) is 31.0. The lowest BCUT2D eigenvalue weighted by atomic mass is 10.0. The van der Waals surface area contributed by atoms with Crippen LogP contribution >= 0.6 is 0 Å². The van der Waals surface area contributed by atoms with Gasteiger partial charge in [0.1, 0.15) is 13.2 Å². The third-order valence-corrected chi connectivity index (χ3v) is 11.8. The molecule has 0 aromatic heterocycles. The van der Waals surface area contributed by atoms with E-state index in [2.05, 4.69) is 69.4 Å². The second-order valence-corrected chi connectivity index (χ2v) is 18.2. The minimum absolute atomic E-state index is 0.0859. The second-order valence-electron chi connectivity index (χ2n) is 18.2. The Bertz CT molecular complexity index is 1110. The van der Waals surface area contributed by atoms with Crippen LogP contribution in [0.3, 0.4) is 0 Å². The summed E-state index contributed by atoms with van der Waals surface area (Å²) in [6.45, 7) is 6.59. The summed E-state index contributed by atoms with van der Waals surface area (Å²) in [4.78, 5) is 38.0. The van der Waals surface area contributed by atoms with Crippen molar-refractivity contribution < 1.29 is 28.6 Å². The van der Waals surface area contributed by atoms with E-state index < -0.39 is 6.10 Å². The first kappa shape index (κ1) is 60.4. The lowest BCUT2D eigenvalue weighted by Crippen LogP contribution is -2.30. The Morgan fingerprint density at radius 1 is 0.317 bits per heavy atom. The first-order valence-corrected chi connectivity index (χ1v) is 27.1. The van der Waals surface area contributed by atoms with Gasteiger partial charge < -0.3 is 14.2 Å². The highest BCUT2D eigenvalue weighted by Gasteiger charge is 2.19. The van der Waals surface area contributed by atoms with E-state index in [1.165, 1.54) is 167 Å².